The van der Waals surface area contributed by atoms with E-state index in [0.717, 1.165) is 45.7 Å². The second-order valence-electron chi connectivity index (χ2n) is 5.42. The van der Waals surface area contributed by atoms with E-state index in [2.05, 4.69) is 41.5 Å². The van der Waals surface area contributed by atoms with Crippen molar-refractivity contribution in [2.45, 2.75) is 12.8 Å². The molecule has 0 unspecified atom stereocenters. The smallest absolute Gasteiger partial charge is 0.223 e. The van der Waals surface area contributed by atoms with Crippen LogP contribution in [-0.2, 0) is 11.2 Å². The molecule has 1 aromatic rings. The average Bonchev–Trinajstić information content (AvgIpc) is 2.48. The van der Waals surface area contributed by atoms with Gasteiger partial charge in [0.05, 0.1) is 0 Å². The van der Waals surface area contributed by atoms with E-state index >= 15 is 0 Å². The van der Waals surface area contributed by atoms with Crippen LogP contribution in [-0.4, -0.2) is 62.0 Å². The number of likely N-dealkylation sites (N-methyl/N-ethyl adjacent to an activating group) is 1. The number of hydrogen-bond acceptors (Lipinski definition) is 3. The number of piperazine rings is 1. The van der Waals surface area contributed by atoms with Crippen molar-refractivity contribution in [3.05, 3.63) is 35.9 Å². The molecule has 1 N–H and O–H groups in total. The van der Waals surface area contributed by atoms with Gasteiger partial charge in [-0.2, -0.15) is 0 Å². The molecule has 0 aromatic heterocycles. The molecule has 0 saturated carbocycles. The second kappa shape index (κ2) is 8.02. The van der Waals surface area contributed by atoms with Gasteiger partial charge in [0.2, 0.25) is 5.91 Å². The van der Waals surface area contributed by atoms with Crippen molar-refractivity contribution in [2.24, 2.45) is 0 Å². The van der Waals surface area contributed by atoms with Gasteiger partial charge in [0, 0.05) is 39.1 Å². The zero-order chi connectivity index (χ0) is 14.2. The summed E-state index contributed by atoms with van der Waals surface area (Å²) in [5.74, 6) is 0.283. The molecule has 4 heteroatoms. The first-order valence-electron chi connectivity index (χ1n) is 7.46. The third kappa shape index (κ3) is 4.94. The first-order chi connectivity index (χ1) is 9.75. The summed E-state index contributed by atoms with van der Waals surface area (Å²) in [7, 11) is 2.10. The molecule has 1 aliphatic rings. The Balaban J connectivity index is 1.55. The predicted octanol–water partition coefficient (Wildman–Crippen LogP) is 0.983. The van der Waals surface area contributed by atoms with Crippen LogP contribution in [0.3, 0.4) is 0 Å². The lowest BCUT2D eigenvalue weighted by molar-refractivity contribution is -0.132. The molecule has 110 valence electrons. The van der Waals surface area contributed by atoms with E-state index in [4.69, 9.17) is 0 Å². The van der Waals surface area contributed by atoms with Gasteiger partial charge >= 0.3 is 0 Å². The van der Waals surface area contributed by atoms with Gasteiger partial charge in [-0.05, 0) is 25.6 Å². The molecule has 4 nitrogen and oxygen atoms in total. The average molecular weight is 275 g/mol. The highest BCUT2D eigenvalue weighted by molar-refractivity contribution is 5.76. The quantitative estimate of drug-likeness (QED) is 0.786. The maximum Gasteiger partial charge on any atom is 0.223 e. The summed E-state index contributed by atoms with van der Waals surface area (Å²) in [4.78, 5) is 16.3. The lowest BCUT2D eigenvalue weighted by Gasteiger charge is -2.32. The van der Waals surface area contributed by atoms with E-state index in [-0.39, 0.29) is 5.91 Å². The van der Waals surface area contributed by atoms with E-state index in [1.54, 1.807) is 0 Å². The lowest BCUT2D eigenvalue weighted by atomic mass is 10.1. The van der Waals surface area contributed by atoms with Gasteiger partial charge in [0.1, 0.15) is 0 Å². The molecule has 1 fully saturated rings. The van der Waals surface area contributed by atoms with Gasteiger partial charge in [-0.15, -0.1) is 0 Å². The molecule has 1 amide bonds. The number of rotatable bonds is 6. The van der Waals surface area contributed by atoms with Crippen LogP contribution in [0, 0.1) is 0 Å². The molecule has 1 saturated heterocycles. The van der Waals surface area contributed by atoms with Crippen molar-refractivity contribution in [3.63, 3.8) is 0 Å². The molecule has 0 bridgehead atoms. The second-order valence-corrected chi connectivity index (χ2v) is 5.42. The molecule has 1 aliphatic heterocycles. The SMILES string of the molecule is CN1CCN(C(=O)CCNCCc2ccccc2)CC1. The third-order valence-electron chi connectivity index (χ3n) is 3.80. The minimum atomic E-state index is 0.283. The van der Waals surface area contributed by atoms with Crippen LogP contribution >= 0.6 is 0 Å². The van der Waals surface area contributed by atoms with Crippen LogP contribution < -0.4 is 5.32 Å². The molecule has 1 aromatic carbocycles. The van der Waals surface area contributed by atoms with Gasteiger partial charge in [-0.3, -0.25) is 4.79 Å². The Kier molecular flexibility index (Phi) is 6.02. The summed E-state index contributed by atoms with van der Waals surface area (Å²) < 4.78 is 0. The fourth-order valence-electron chi connectivity index (χ4n) is 2.41. The van der Waals surface area contributed by atoms with Crippen molar-refractivity contribution in [3.8, 4) is 0 Å². The lowest BCUT2D eigenvalue weighted by Crippen LogP contribution is -2.47. The number of hydrogen-bond donors (Lipinski definition) is 1. The maximum absolute atomic E-state index is 12.0. The zero-order valence-electron chi connectivity index (χ0n) is 12.3. The van der Waals surface area contributed by atoms with Crippen LogP contribution in [0.2, 0.25) is 0 Å². The Bertz CT molecular complexity index is 399. The molecular weight excluding hydrogens is 250 g/mol. The monoisotopic (exact) mass is 275 g/mol. The summed E-state index contributed by atoms with van der Waals surface area (Å²) >= 11 is 0. The van der Waals surface area contributed by atoms with Crippen LogP contribution in [0.15, 0.2) is 30.3 Å². The predicted molar refractivity (Wildman–Crippen MR) is 81.7 cm³/mol. The first kappa shape index (κ1) is 15.0. The van der Waals surface area contributed by atoms with E-state index < -0.39 is 0 Å². The van der Waals surface area contributed by atoms with E-state index in [1.165, 1.54) is 5.56 Å². The van der Waals surface area contributed by atoms with Gasteiger partial charge in [-0.1, -0.05) is 30.3 Å². The standard InChI is InChI=1S/C16H25N3O/c1-18-11-13-19(14-12-18)16(20)8-10-17-9-7-15-5-3-2-4-6-15/h2-6,17H,7-14H2,1H3. The molecule has 20 heavy (non-hydrogen) atoms. The van der Waals surface area contributed by atoms with Gasteiger partial charge in [0.15, 0.2) is 0 Å². The Morgan fingerprint density at radius 2 is 1.80 bits per heavy atom. The number of carbonyl (C=O) groups excluding carboxylic acids is 1. The van der Waals surface area contributed by atoms with Crippen LogP contribution in [0.4, 0.5) is 0 Å². The Hall–Kier alpha value is -1.39. The molecule has 0 spiro atoms. The summed E-state index contributed by atoms with van der Waals surface area (Å²) in [5.41, 5.74) is 1.34. The number of carbonyl (C=O) groups is 1. The van der Waals surface area contributed by atoms with Crippen LogP contribution in [0.1, 0.15) is 12.0 Å². The zero-order valence-corrected chi connectivity index (χ0v) is 12.3. The van der Waals surface area contributed by atoms with Gasteiger partial charge < -0.3 is 15.1 Å². The summed E-state index contributed by atoms with van der Waals surface area (Å²) in [6.45, 7) is 5.44. The summed E-state index contributed by atoms with van der Waals surface area (Å²) in [6, 6.07) is 10.4. The summed E-state index contributed by atoms with van der Waals surface area (Å²) in [6.07, 6.45) is 1.63. The van der Waals surface area contributed by atoms with Crippen molar-refractivity contribution < 1.29 is 4.79 Å². The van der Waals surface area contributed by atoms with E-state index in [9.17, 15) is 4.79 Å². The van der Waals surface area contributed by atoms with Crippen molar-refractivity contribution >= 4 is 5.91 Å². The van der Waals surface area contributed by atoms with Crippen LogP contribution in [0.5, 0.6) is 0 Å². The minimum Gasteiger partial charge on any atom is -0.340 e. The Morgan fingerprint density at radius 3 is 2.50 bits per heavy atom. The molecule has 0 aliphatic carbocycles. The van der Waals surface area contributed by atoms with Gasteiger partial charge in [-0.25, -0.2) is 0 Å². The molecule has 2 rings (SSSR count). The third-order valence-corrected chi connectivity index (χ3v) is 3.80. The maximum atomic E-state index is 12.0. The fourth-order valence-corrected chi connectivity index (χ4v) is 2.41. The number of amides is 1. The number of nitrogens with one attached hydrogen (secondary N) is 1. The highest BCUT2D eigenvalue weighted by Gasteiger charge is 2.18. The van der Waals surface area contributed by atoms with E-state index in [1.807, 2.05) is 11.0 Å². The Labute approximate surface area is 121 Å². The van der Waals surface area contributed by atoms with Gasteiger partial charge in [0.25, 0.3) is 0 Å². The molecule has 1 heterocycles. The normalized spacial score (nSPS) is 16.4. The topological polar surface area (TPSA) is 35.6 Å². The highest BCUT2D eigenvalue weighted by Crippen LogP contribution is 2.01. The largest absolute Gasteiger partial charge is 0.340 e. The fraction of sp³-hybridized carbons (Fsp3) is 0.562. The van der Waals surface area contributed by atoms with Crippen molar-refractivity contribution in [1.82, 2.24) is 15.1 Å². The van der Waals surface area contributed by atoms with E-state index in [0.29, 0.717) is 6.42 Å². The minimum absolute atomic E-state index is 0.283. The van der Waals surface area contributed by atoms with Crippen molar-refractivity contribution in [1.29, 1.82) is 0 Å². The molecule has 0 atom stereocenters. The van der Waals surface area contributed by atoms with Crippen molar-refractivity contribution in [2.75, 3.05) is 46.3 Å². The number of nitrogens with zero attached hydrogens (tertiary/aromatic N) is 2. The first-order valence-corrected chi connectivity index (χ1v) is 7.46. The summed E-state index contributed by atoms with van der Waals surface area (Å²) in [5, 5.41) is 3.35. The highest BCUT2D eigenvalue weighted by atomic mass is 16.2. The van der Waals surface area contributed by atoms with Crippen LogP contribution in [0.25, 0.3) is 0 Å². The Morgan fingerprint density at radius 1 is 1.10 bits per heavy atom. The number of benzene rings is 1. The molecular formula is C16H25N3O. The molecule has 0 radical (unpaired) electrons.